The van der Waals surface area contributed by atoms with E-state index in [2.05, 4.69) is 35.7 Å². The van der Waals surface area contributed by atoms with Crippen LogP contribution < -0.4 is 10.3 Å². The monoisotopic (exact) mass is 461 g/mol. The Balaban J connectivity index is 1.69. The molecule has 0 N–H and O–H groups in total. The van der Waals surface area contributed by atoms with Crippen LogP contribution in [0.15, 0.2) is 46.7 Å². The van der Waals surface area contributed by atoms with Gasteiger partial charge in [-0.15, -0.1) is 11.3 Å². The lowest BCUT2D eigenvalue weighted by Gasteiger charge is -2.17. The molecule has 0 saturated heterocycles. The van der Waals surface area contributed by atoms with Crippen LogP contribution in [0.1, 0.15) is 48.7 Å². The molecule has 0 aliphatic heterocycles. The molecule has 7 nitrogen and oxygen atoms in total. The molecule has 4 rings (SSSR count). The number of rotatable bonds is 5. The minimum absolute atomic E-state index is 0.157. The smallest absolute Gasteiger partial charge is 0.264 e. The Bertz CT molecular complexity index is 1370. The number of thiazole rings is 1. The summed E-state index contributed by atoms with van der Waals surface area (Å²) in [6, 6.07) is 9.61. The summed E-state index contributed by atoms with van der Waals surface area (Å²) in [5.74, 6) is 1.65. The number of aryl methyl sites for hydroxylation is 2. The predicted molar refractivity (Wildman–Crippen MR) is 130 cm³/mol. The van der Waals surface area contributed by atoms with Crippen molar-refractivity contribution in [3.63, 3.8) is 0 Å². The number of ether oxygens (including phenoxy) is 1. The fourth-order valence-electron chi connectivity index (χ4n) is 3.43. The second kappa shape index (κ2) is 8.86. The summed E-state index contributed by atoms with van der Waals surface area (Å²) in [6.07, 6.45) is 1.77. The van der Waals surface area contributed by atoms with Gasteiger partial charge in [-0.3, -0.25) is 9.36 Å². The molecule has 0 aliphatic rings. The lowest BCUT2D eigenvalue weighted by Crippen LogP contribution is -2.25. The first-order chi connectivity index (χ1) is 15.6. The number of hydrogen-bond donors (Lipinski definition) is 0. The third-order valence-corrected chi connectivity index (χ3v) is 6.00. The molecule has 4 aromatic rings. The molecular weight excluding hydrogens is 434 g/mol. The van der Waals surface area contributed by atoms with Crippen LogP contribution >= 0.6 is 11.3 Å². The Morgan fingerprint density at radius 1 is 1.06 bits per heavy atom. The van der Waals surface area contributed by atoms with Gasteiger partial charge in [0.1, 0.15) is 18.3 Å². The van der Waals surface area contributed by atoms with Crippen molar-refractivity contribution in [1.82, 2.24) is 24.5 Å². The number of nitrogens with zero attached hydrogens (tertiary/aromatic N) is 5. The van der Waals surface area contributed by atoms with Gasteiger partial charge in [-0.1, -0.05) is 32.9 Å². The standard InChI is InChI=1S/C25H27N5O2S/c1-15-22(32-13-19-14-33-17(3)28-19)27-16(2)30(23(15)31)20-9-7-8-18(12-20)21-10-11-26-24(29-21)25(4,5)6/h7-12,14H,13H2,1-6H3. The minimum Gasteiger partial charge on any atom is -0.471 e. The molecule has 0 saturated carbocycles. The first-order valence-electron chi connectivity index (χ1n) is 10.7. The first-order valence-corrected chi connectivity index (χ1v) is 11.6. The Hall–Kier alpha value is -3.39. The van der Waals surface area contributed by atoms with E-state index in [-0.39, 0.29) is 17.6 Å². The van der Waals surface area contributed by atoms with E-state index in [1.54, 1.807) is 35.9 Å². The molecule has 0 amide bonds. The van der Waals surface area contributed by atoms with E-state index in [0.29, 0.717) is 17.3 Å². The Morgan fingerprint density at radius 2 is 1.85 bits per heavy atom. The van der Waals surface area contributed by atoms with Crippen LogP contribution in [-0.2, 0) is 12.0 Å². The average Bonchev–Trinajstić information content (AvgIpc) is 3.20. The molecule has 0 radical (unpaired) electrons. The Morgan fingerprint density at radius 3 is 2.55 bits per heavy atom. The number of hydrogen-bond acceptors (Lipinski definition) is 7. The quantitative estimate of drug-likeness (QED) is 0.418. The fourth-order valence-corrected chi connectivity index (χ4v) is 4.03. The molecule has 0 spiro atoms. The zero-order chi connectivity index (χ0) is 23.8. The van der Waals surface area contributed by atoms with Crippen molar-refractivity contribution >= 4 is 11.3 Å². The summed E-state index contributed by atoms with van der Waals surface area (Å²) in [5, 5.41) is 2.92. The normalized spacial score (nSPS) is 11.6. The van der Waals surface area contributed by atoms with Gasteiger partial charge in [0.25, 0.3) is 5.56 Å². The largest absolute Gasteiger partial charge is 0.471 e. The van der Waals surface area contributed by atoms with Crippen LogP contribution in [0.5, 0.6) is 5.88 Å². The second-order valence-electron chi connectivity index (χ2n) is 8.94. The van der Waals surface area contributed by atoms with E-state index in [1.807, 2.05) is 42.6 Å². The van der Waals surface area contributed by atoms with Crippen LogP contribution in [0.3, 0.4) is 0 Å². The van der Waals surface area contributed by atoms with Gasteiger partial charge in [0, 0.05) is 22.6 Å². The van der Waals surface area contributed by atoms with Gasteiger partial charge in [0.2, 0.25) is 5.88 Å². The third-order valence-electron chi connectivity index (χ3n) is 5.18. The summed E-state index contributed by atoms with van der Waals surface area (Å²) >= 11 is 1.56. The van der Waals surface area contributed by atoms with Crippen molar-refractivity contribution in [2.45, 2.75) is 53.6 Å². The van der Waals surface area contributed by atoms with E-state index < -0.39 is 0 Å². The highest BCUT2D eigenvalue weighted by molar-refractivity contribution is 7.09. The Kier molecular flexibility index (Phi) is 6.12. The lowest BCUT2D eigenvalue weighted by atomic mass is 9.95. The number of aromatic nitrogens is 5. The molecule has 0 fully saturated rings. The summed E-state index contributed by atoms with van der Waals surface area (Å²) in [4.78, 5) is 31.4. The summed E-state index contributed by atoms with van der Waals surface area (Å²) in [7, 11) is 0. The van der Waals surface area contributed by atoms with Crippen molar-refractivity contribution < 1.29 is 4.74 Å². The minimum atomic E-state index is -0.165. The van der Waals surface area contributed by atoms with Gasteiger partial charge in [0.15, 0.2) is 0 Å². The zero-order valence-electron chi connectivity index (χ0n) is 19.7. The van der Waals surface area contributed by atoms with Crippen molar-refractivity contribution in [2.24, 2.45) is 0 Å². The zero-order valence-corrected chi connectivity index (χ0v) is 20.5. The Labute approximate surface area is 197 Å². The van der Waals surface area contributed by atoms with Gasteiger partial charge in [0.05, 0.1) is 27.6 Å². The third kappa shape index (κ3) is 4.85. The predicted octanol–water partition coefficient (Wildman–Crippen LogP) is 4.95. The number of benzene rings is 1. The van der Waals surface area contributed by atoms with Gasteiger partial charge in [-0.2, -0.15) is 4.98 Å². The van der Waals surface area contributed by atoms with E-state index in [1.165, 1.54) is 0 Å². The summed E-state index contributed by atoms with van der Waals surface area (Å²) in [6.45, 7) is 12.0. The van der Waals surface area contributed by atoms with Crippen LogP contribution in [0.4, 0.5) is 0 Å². The summed E-state index contributed by atoms with van der Waals surface area (Å²) in [5.41, 5.74) is 3.40. The molecule has 0 aliphatic carbocycles. The van der Waals surface area contributed by atoms with Crippen molar-refractivity contribution in [3.8, 4) is 22.8 Å². The first kappa shape index (κ1) is 22.8. The van der Waals surface area contributed by atoms with Crippen LogP contribution in [0.25, 0.3) is 16.9 Å². The van der Waals surface area contributed by atoms with Crippen LogP contribution in [-0.4, -0.2) is 24.5 Å². The maximum Gasteiger partial charge on any atom is 0.264 e. The molecule has 3 heterocycles. The molecule has 1 aromatic carbocycles. The maximum absolute atomic E-state index is 13.3. The highest BCUT2D eigenvalue weighted by Gasteiger charge is 2.18. The van der Waals surface area contributed by atoms with E-state index in [4.69, 9.17) is 9.72 Å². The molecule has 33 heavy (non-hydrogen) atoms. The highest BCUT2D eigenvalue weighted by Crippen LogP contribution is 2.24. The van der Waals surface area contributed by atoms with E-state index in [9.17, 15) is 4.79 Å². The second-order valence-corrected chi connectivity index (χ2v) is 10.0. The van der Waals surface area contributed by atoms with E-state index >= 15 is 0 Å². The van der Waals surface area contributed by atoms with E-state index in [0.717, 1.165) is 33.5 Å². The van der Waals surface area contributed by atoms with Crippen LogP contribution in [0.2, 0.25) is 0 Å². The molecule has 0 unspecified atom stereocenters. The molecular formula is C25H27N5O2S. The molecule has 0 atom stereocenters. The highest BCUT2D eigenvalue weighted by atomic mass is 32.1. The van der Waals surface area contributed by atoms with Gasteiger partial charge >= 0.3 is 0 Å². The van der Waals surface area contributed by atoms with Crippen molar-refractivity contribution in [1.29, 1.82) is 0 Å². The van der Waals surface area contributed by atoms with Crippen LogP contribution in [0, 0.1) is 20.8 Å². The SMILES string of the molecule is Cc1nc(COc2nc(C)n(-c3cccc(-c4ccnc(C(C)(C)C)n4)c3)c(=O)c2C)cs1. The van der Waals surface area contributed by atoms with Gasteiger partial charge in [-0.25, -0.2) is 15.0 Å². The molecule has 170 valence electrons. The van der Waals surface area contributed by atoms with Crippen molar-refractivity contribution in [2.75, 3.05) is 0 Å². The average molecular weight is 462 g/mol. The molecule has 0 bridgehead atoms. The van der Waals surface area contributed by atoms with Gasteiger partial charge in [-0.05, 0) is 39.0 Å². The lowest BCUT2D eigenvalue weighted by molar-refractivity contribution is 0.285. The maximum atomic E-state index is 13.3. The van der Waals surface area contributed by atoms with Crippen molar-refractivity contribution in [3.05, 3.63) is 80.2 Å². The summed E-state index contributed by atoms with van der Waals surface area (Å²) < 4.78 is 7.43. The molecule has 8 heteroatoms. The molecule has 3 aromatic heterocycles. The van der Waals surface area contributed by atoms with Gasteiger partial charge < -0.3 is 4.74 Å². The topological polar surface area (TPSA) is 82.8 Å². The fraction of sp³-hybridized carbons (Fsp3) is 0.320.